The number of anilines is 1. The highest BCUT2D eigenvalue weighted by molar-refractivity contribution is 9.10. The minimum absolute atomic E-state index is 0.115. The zero-order chi connectivity index (χ0) is 15.2. The molecule has 0 aromatic heterocycles. The van der Waals surface area contributed by atoms with Gasteiger partial charge in [-0.2, -0.15) is 0 Å². The van der Waals surface area contributed by atoms with E-state index < -0.39 is 6.10 Å². The normalized spacial score (nSPS) is 11.8. The lowest BCUT2D eigenvalue weighted by Gasteiger charge is -2.13. The van der Waals surface area contributed by atoms with E-state index in [1.165, 1.54) is 0 Å². The van der Waals surface area contributed by atoms with E-state index in [9.17, 15) is 9.90 Å². The first-order valence-corrected chi connectivity index (χ1v) is 7.31. The van der Waals surface area contributed by atoms with Gasteiger partial charge in [-0.3, -0.25) is 4.79 Å². The number of ether oxygens (including phenoxy) is 1. The molecule has 2 aromatic carbocycles. The third-order valence-corrected chi connectivity index (χ3v) is 3.33. The summed E-state index contributed by atoms with van der Waals surface area (Å²) in [4.78, 5) is 11.9. The summed E-state index contributed by atoms with van der Waals surface area (Å²) in [5.74, 6) is 0.255. The van der Waals surface area contributed by atoms with Gasteiger partial charge in [0.15, 0.2) is 6.61 Å². The largest absolute Gasteiger partial charge is 0.483 e. The molecule has 0 aliphatic heterocycles. The molecule has 0 aliphatic carbocycles. The van der Waals surface area contributed by atoms with Gasteiger partial charge in [0.05, 0.1) is 6.10 Å². The third kappa shape index (κ3) is 4.58. The Labute approximate surface area is 131 Å². The first-order chi connectivity index (χ1) is 10.1. The Morgan fingerprint density at radius 2 is 2.05 bits per heavy atom. The van der Waals surface area contributed by atoms with Crippen molar-refractivity contribution in [2.45, 2.75) is 13.0 Å². The van der Waals surface area contributed by atoms with Gasteiger partial charge >= 0.3 is 0 Å². The minimum Gasteiger partial charge on any atom is -0.483 e. The number of para-hydroxylation sites is 1. The lowest BCUT2D eigenvalue weighted by atomic mass is 10.1. The van der Waals surface area contributed by atoms with E-state index >= 15 is 0 Å². The van der Waals surface area contributed by atoms with Crippen LogP contribution in [0.1, 0.15) is 18.6 Å². The van der Waals surface area contributed by atoms with E-state index in [1.807, 2.05) is 24.3 Å². The van der Waals surface area contributed by atoms with Crippen LogP contribution in [0.4, 0.5) is 5.69 Å². The van der Waals surface area contributed by atoms with Gasteiger partial charge in [-0.15, -0.1) is 0 Å². The van der Waals surface area contributed by atoms with Crippen LogP contribution in [0.2, 0.25) is 0 Å². The Kier molecular flexibility index (Phi) is 5.36. The molecular formula is C16H16BrNO3. The molecule has 2 rings (SSSR count). The van der Waals surface area contributed by atoms with Crippen molar-refractivity contribution in [2.75, 3.05) is 11.9 Å². The number of amides is 1. The number of hydrogen-bond donors (Lipinski definition) is 2. The Morgan fingerprint density at radius 1 is 1.29 bits per heavy atom. The fraction of sp³-hybridized carbons (Fsp3) is 0.188. The van der Waals surface area contributed by atoms with Crippen LogP contribution in [-0.4, -0.2) is 17.6 Å². The topological polar surface area (TPSA) is 58.6 Å². The van der Waals surface area contributed by atoms with Crippen LogP contribution in [0.5, 0.6) is 5.75 Å². The molecule has 1 amide bonds. The second-order valence-electron chi connectivity index (χ2n) is 4.56. The predicted molar refractivity (Wildman–Crippen MR) is 85.3 cm³/mol. The molecule has 1 atom stereocenters. The van der Waals surface area contributed by atoms with Crippen molar-refractivity contribution in [2.24, 2.45) is 0 Å². The molecule has 0 bridgehead atoms. The summed E-state index contributed by atoms with van der Waals surface area (Å²) in [5.41, 5.74) is 1.36. The quantitative estimate of drug-likeness (QED) is 0.868. The fourth-order valence-corrected chi connectivity index (χ4v) is 2.26. The van der Waals surface area contributed by atoms with E-state index in [0.29, 0.717) is 17.0 Å². The Hall–Kier alpha value is -1.85. The number of carbonyl (C=O) groups excluding carboxylic acids is 1. The summed E-state index contributed by atoms with van der Waals surface area (Å²) in [6.07, 6.45) is -0.644. The van der Waals surface area contributed by atoms with Crippen LogP contribution in [0.15, 0.2) is 53.0 Å². The number of benzene rings is 2. The molecule has 5 heteroatoms. The molecule has 4 nitrogen and oxygen atoms in total. The highest BCUT2D eigenvalue weighted by atomic mass is 79.9. The highest BCUT2D eigenvalue weighted by Gasteiger charge is 2.10. The molecule has 0 aliphatic rings. The van der Waals surface area contributed by atoms with Gasteiger partial charge in [-0.25, -0.2) is 0 Å². The Bertz CT molecular complexity index is 628. The number of rotatable bonds is 5. The number of nitrogens with one attached hydrogen (secondary N) is 1. The second-order valence-corrected chi connectivity index (χ2v) is 5.48. The van der Waals surface area contributed by atoms with Crippen LogP contribution in [0.3, 0.4) is 0 Å². The molecule has 0 unspecified atom stereocenters. The van der Waals surface area contributed by atoms with Crippen molar-refractivity contribution in [3.63, 3.8) is 0 Å². The average molecular weight is 350 g/mol. The van der Waals surface area contributed by atoms with Crippen LogP contribution >= 0.6 is 15.9 Å². The molecule has 0 fully saturated rings. The summed E-state index contributed by atoms with van der Waals surface area (Å²) < 4.78 is 6.37. The molecule has 2 aromatic rings. The van der Waals surface area contributed by atoms with Gasteiger partial charge in [-0.1, -0.05) is 40.2 Å². The predicted octanol–water partition coefficient (Wildman–Crippen LogP) is 3.52. The summed E-state index contributed by atoms with van der Waals surface area (Å²) in [6.45, 7) is 1.54. The van der Waals surface area contributed by atoms with Crippen molar-refractivity contribution < 1.29 is 14.6 Å². The fourth-order valence-electron chi connectivity index (χ4n) is 1.86. The van der Waals surface area contributed by atoms with Crippen LogP contribution in [-0.2, 0) is 4.79 Å². The van der Waals surface area contributed by atoms with Crippen molar-refractivity contribution in [1.82, 2.24) is 0 Å². The van der Waals surface area contributed by atoms with E-state index in [0.717, 1.165) is 4.47 Å². The van der Waals surface area contributed by atoms with Crippen LogP contribution in [0, 0.1) is 0 Å². The van der Waals surface area contributed by atoms with Crippen molar-refractivity contribution in [1.29, 1.82) is 0 Å². The molecule has 2 N–H and O–H groups in total. The molecule has 0 heterocycles. The van der Waals surface area contributed by atoms with Crippen LogP contribution < -0.4 is 10.1 Å². The summed E-state index contributed by atoms with van der Waals surface area (Å²) in [5, 5.41) is 12.4. The number of carbonyl (C=O) groups is 1. The summed E-state index contributed by atoms with van der Waals surface area (Å²) >= 11 is 3.34. The second kappa shape index (κ2) is 7.24. The zero-order valence-corrected chi connectivity index (χ0v) is 13.1. The molecule has 0 saturated carbocycles. The zero-order valence-electron chi connectivity index (χ0n) is 11.5. The Morgan fingerprint density at radius 3 is 2.76 bits per heavy atom. The van der Waals surface area contributed by atoms with E-state index in [2.05, 4.69) is 21.2 Å². The molecule has 0 saturated heterocycles. The maximum atomic E-state index is 11.9. The smallest absolute Gasteiger partial charge is 0.262 e. The monoisotopic (exact) mass is 349 g/mol. The van der Waals surface area contributed by atoms with Crippen molar-refractivity contribution >= 4 is 27.5 Å². The average Bonchev–Trinajstić information content (AvgIpc) is 2.45. The van der Waals surface area contributed by atoms with Gasteiger partial charge in [0, 0.05) is 15.7 Å². The number of aliphatic hydroxyl groups is 1. The lowest BCUT2D eigenvalue weighted by Crippen LogP contribution is -2.20. The van der Waals surface area contributed by atoms with Gasteiger partial charge in [0.2, 0.25) is 0 Å². The van der Waals surface area contributed by atoms with Crippen molar-refractivity contribution in [3.05, 3.63) is 58.6 Å². The number of aliphatic hydroxyl groups excluding tert-OH is 1. The van der Waals surface area contributed by atoms with Gasteiger partial charge in [0.25, 0.3) is 5.91 Å². The number of halogens is 1. The van der Waals surface area contributed by atoms with Crippen LogP contribution in [0.25, 0.3) is 0 Å². The number of hydrogen-bond acceptors (Lipinski definition) is 3. The Balaban J connectivity index is 1.95. The summed E-state index contributed by atoms with van der Waals surface area (Å²) in [6, 6.07) is 14.4. The highest BCUT2D eigenvalue weighted by Crippen LogP contribution is 2.24. The molecule has 21 heavy (non-hydrogen) atoms. The third-order valence-electron chi connectivity index (χ3n) is 2.84. The molecule has 0 spiro atoms. The van der Waals surface area contributed by atoms with E-state index in [1.54, 1.807) is 31.2 Å². The minimum atomic E-state index is -0.644. The lowest BCUT2D eigenvalue weighted by molar-refractivity contribution is -0.118. The summed E-state index contributed by atoms with van der Waals surface area (Å²) in [7, 11) is 0. The maximum Gasteiger partial charge on any atom is 0.262 e. The maximum absolute atomic E-state index is 11.9. The first-order valence-electron chi connectivity index (χ1n) is 6.51. The van der Waals surface area contributed by atoms with E-state index in [4.69, 9.17) is 4.74 Å². The SMILES string of the molecule is C[C@@H](O)c1ccccc1OCC(=O)Nc1cccc(Br)c1. The molecule has 110 valence electrons. The van der Waals surface area contributed by atoms with E-state index in [-0.39, 0.29) is 12.5 Å². The van der Waals surface area contributed by atoms with Gasteiger partial charge < -0.3 is 15.2 Å². The molecule has 0 radical (unpaired) electrons. The van der Waals surface area contributed by atoms with Gasteiger partial charge in [-0.05, 0) is 31.2 Å². The first kappa shape index (κ1) is 15.5. The van der Waals surface area contributed by atoms with Gasteiger partial charge in [0.1, 0.15) is 5.75 Å². The standard InChI is InChI=1S/C16H16BrNO3/c1-11(19)14-7-2-3-8-15(14)21-10-16(20)18-13-6-4-5-12(17)9-13/h2-9,11,19H,10H2,1H3,(H,18,20)/t11-/m1/s1. The molecular weight excluding hydrogens is 334 g/mol. The van der Waals surface area contributed by atoms with Crippen molar-refractivity contribution in [3.8, 4) is 5.75 Å².